The summed E-state index contributed by atoms with van der Waals surface area (Å²) in [6.45, 7) is 0. The second-order valence-electron chi connectivity index (χ2n) is 9.85. The van der Waals surface area contributed by atoms with Crippen LogP contribution in [0.5, 0.6) is 11.5 Å². The maximum absolute atomic E-state index is 14.1. The zero-order valence-electron chi connectivity index (χ0n) is 21.5. The first-order valence-electron chi connectivity index (χ1n) is 13.1. The fraction of sp³-hybridized carbons (Fsp3) is 0.355. The van der Waals surface area contributed by atoms with Gasteiger partial charge in [-0.25, -0.2) is 0 Å². The van der Waals surface area contributed by atoms with Crippen LogP contribution in [0.4, 0.5) is 5.69 Å². The van der Waals surface area contributed by atoms with Crippen LogP contribution in [0.3, 0.4) is 0 Å². The quantitative estimate of drug-likeness (QED) is 0.422. The predicted molar refractivity (Wildman–Crippen MR) is 144 cm³/mol. The number of hydrogen-bond donors (Lipinski definition) is 1. The van der Waals surface area contributed by atoms with Crippen LogP contribution in [0.25, 0.3) is 0 Å². The van der Waals surface area contributed by atoms with Gasteiger partial charge in [-0.2, -0.15) is 0 Å². The lowest BCUT2D eigenvalue weighted by molar-refractivity contribution is -0.124. The molecule has 3 aromatic carbocycles. The van der Waals surface area contributed by atoms with Gasteiger partial charge in [-0.15, -0.1) is 0 Å². The summed E-state index contributed by atoms with van der Waals surface area (Å²) < 4.78 is 10.7. The minimum atomic E-state index is -0.562. The van der Waals surface area contributed by atoms with Gasteiger partial charge < -0.3 is 14.8 Å². The number of carbonyl (C=O) groups excluding carboxylic acids is 2. The number of rotatable bonds is 6. The highest BCUT2D eigenvalue weighted by Gasteiger charge is 2.45. The maximum Gasteiger partial charge on any atom is 0.259 e. The molecule has 2 atom stereocenters. The van der Waals surface area contributed by atoms with Gasteiger partial charge in [0.2, 0.25) is 5.91 Å². The van der Waals surface area contributed by atoms with Crippen LogP contribution < -0.4 is 19.7 Å². The van der Waals surface area contributed by atoms with Crippen molar-refractivity contribution in [2.75, 3.05) is 19.1 Å². The first kappa shape index (κ1) is 24.9. The number of amides is 2. The Labute approximate surface area is 218 Å². The molecule has 0 unspecified atom stereocenters. The third-order valence-electron chi connectivity index (χ3n) is 7.63. The highest BCUT2D eigenvalue weighted by Crippen LogP contribution is 2.45. The molecule has 1 heterocycles. The van der Waals surface area contributed by atoms with Crippen LogP contribution in [0.2, 0.25) is 0 Å². The lowest BCUT2D eigenvalue weighted by Gasteiger charge is -2.42. The van der Waals surface area contributed by atoms with E-state index in [0.717, 1.165) is 42.6 Å². The zero-order valence-corrected chi connectivity index (χ0v) is 21.5. The molecular formula is C31H34N2O4. The lowest BCUT2D eigenvalue weighted by atomic mass is 9.78. The average molecular weight is 499 g/mol. The van der Waals surface area contributed by atoms with Crippen molar-refractivity contribution in [2.45, 2.75) is 56.5 Å². The molecule has 6 heteroatoms. The van der Waals surface area contributed by atoms with Crippen molar-refractivity contribution < 1.29 is 19.1 Å². The third kappa shape index (κ3) is 5.06. The minimum absolute atomic E-state index is 0.0359. The topological polar surface area (TPSA) is 67.9 Å². The predicted octanol–water partition coefficient (Wildman–Crippen LogP) is 6.03. The van der Waals surface area contributed by atoms with Crippen molar-refractivity contribution in [2.24, 2.45) is 0 Å². The Morgan fingerprint density at radius 2 is 1.41 bits per heavy atom. The van der Waals surface area contributed by atoms with Gasteiger partial charge in [-0.3, -0.25) is 14.5 Å². The van der Waals surface area contributed by atoms with E-state index in [4.69, 9.17) is 9.47 Å². The fourth-order valence-electron chi connectivity index (χ4n) is 5.70. The van der Waals surface area contributed by atoms with Crippen LogP contribution >= 0.6 is 0 Å². The number of nitrogens with one attached hydrogen (secondary N) is 1. The summed E-state index contributed by atoms with van der Waals surface area (Å²) in [5.41, 5.74) is 2.92. The van der Waals surface area contributed by atoms with Gasteiger partial charge in [0.1, 0.15) is 11.5 Å². The molecule has 2 aliphatic rings. The summed E-state index contributed by atoms with van der Waals surface area (Å²) in [5, 5.41) is 3.38. The van der Waals surface area contributed by atoms with Crippen molar-refractivity contribution in [3.8, 4) is 11.5 Å². The molecule has 1 fully saturated rings. The number of nitrogens with zero attached hydrogens (tertiary/aromatic N) is 1. The number of carbonyl (C=O) groups is 2. The number of hydrogen-bond acceptors (Lipinski definition) is 4. The van der Waals surface area contributed by atoms with Crippen LogP contribution in [0, 0.1) is 0 Å². The Morgan fingerprint density at radius 3 is 2.03 bits per heavy atom. The highest BCUT2D eigenvalue weighted by molar-refractivity contribution is 6.11. The molecule has 6 nitrogen and oxygen atoms in total. The molecule has 1 saturated carbocycles. The van der Waals surface area contributed by atoms with Crippen molar-refractivity contribution >= 4 is 17.5 Å². The zero-order chi connectivity index (χ0) is 25.8. The van der Waals surface area contributed by atoms with Crippen molar-refractivity contribution in [1.82, 2.24) is 5.32 Å². The van der Waals surface area contributed by atoms with Gasteiger partial charge >= 0.3 is 0 Å². The van der Waals surface area contributed by atoms with Crippen LogP contribution in [0.1, 0.15) is 72.0 Å². The Hall–Kier alpha value is -3.80. The Morgan fingerprint density at radius 1 is 0.811 bits per heavy atom. The van der Waals surface area contributed by atoms with E-state index in [9.17, 15) is 9.59 Å². The second-order valence-corrected chi connectivity index (χ2v) is 9.85. The summed E-state index contributed by atoms with van der Waals surface area (Å²) >= 11 is 0. The summed E-state index contributed by atoms with van der Waals surface area (Å²) in [7, 11) is 3.24. The maximum atomic E-state index is 14.1. The van der Waals surface area contributed by atoms with Gasteiger partial charge in [0, 0.05) is 17.3 Å². The van der Waals surface area contributed by atoms with E-state index in [1.165, 1.54) is 12.8 Å². The number of methoxy groups -OCH3 is 2. The Kier molecular flexibility index (Phi) is 7.45. The average Bonchev–Trinajstić information content (AvgIpc) is 3.21. The Bertz CT molecular complexity index is 1230. The standard InChI is InChI=1S/C31H34N2O4/c1-36-24-17-13-21(14-18-24)29-28(30(34)32-22-9-5-3-4-6-10-22)26-11-7-8-12-27(26)31(35)33(29)23-15-19-25(37-2)20-16-23/h7-8,11-20,22,28-29H,3-6,9-10H2,1-2H3,(H,32,34)/t28-,29+/m1/s1. The summed E-state index contributed by atoms with van der Waals surface area (Å²) in [6.07, 6.45) is 6.68. The molecular weight excluding hydrogens is 464 g/mol. The lowest BCUT2D eigenvalue weighted by Crippen LogP contribution is -2.49. The molecule has 0 saturated heterocycles. The molecule has 3 aromatic rings. The monoisotopic (exact) mass is 498 g/mol. The largest absolute Gasteiger partial charge is 0.497 e. The molecule has 1 aliphatic heterocycles. The summed E-state index contributed by atoms with van der Waals surface area (Å²) in [6, 6.07) is 22.3. The third-order valence-corrected chi connectivity index (χ3v) is 7.63. The van der Waals surface area contributed by atoms with Crippen molar-refractivity contribution in [3.05, 3.63) is 89.5 Å². The molecule has 1 N–H and O–H groups in total. The number of ether oxygens (including phenoxy) is 2. The van der Waals surface area contributed by atoms with E-state index >= 15 is 0 Å². The smallest absolute Gasteiger partial charge is 0.259 e. The molecule has 0 aromatic heterocycles. The minimum Gasteiger partial charge on any atom is -0.497 e. The molecule has 0 spiro atoms. The van der Waals surface area contributed by atoms with Crippen molar-refractivity contribution in [1.29, 1.82) is 0 Å². The van der Waals surface area contributed by atoms with E-state index in [-0.39, 0.29) is 17.9 Å². The summed E-state index contributed by atoms with van der Waals surface area (Å²) in [5.74, 6) is 0.706. The SMILES string of the molecule is COc1ccc([C@H]2[C@H](C(=O)NC3CCCCCC3)c3ccccc3C(=O)N2c2ccc(OC)cc2)cc1. The fourth-order valence-corrected chi connectivity index (χ4v) is 5.70. The molecule has 5 rings (SSSR count). The van der Waals surface area contributed by atoms with E-state index in [1.807, 2.05) is 72.8 Å². The summed E-state index contributed by atoms with van der Waals surface area (Å²) in [4.78, 5) is 29.9. The number of benzene rings is 3. The number of fused-ring (bicyclic) bond motifs is 1. The molecule has 2 amide bonds. The van der Waals surface area contributed by atoms with Gasteiger partial charge in [-0.1, -0.05) is 56.0 Å². The first-order chi connectivity index (χ1) is 18.1. The van der Waals surface area contributed by atoms with Crippen LogP contribution in [-0.4, -0.2) is 32.1 Å². The molecule has 0 bridgehead atoms. The van der Waals surface area contributed by atoms with Crippen LogP contribution in [-0.2, 0) is 4.79 Å². The molecule has 192 valence electrons. The van der Waals surface area contributed by atoms with E-state index in [1.54, 1.807) is 19.1 Å². The van der Waals surface area contributed by atoms with Gasteiger partial charge in [0.05, 0.1) is 26.2 Å². The molecule has 37 heavy (non-hydrogen) atoms. The normalized spacial score (nSPS) is 20.1. The van der Waals surface area contributed by atoms with Crippen molar-refractivity contribution in [3.63, 3.8) is 0 Å². The van der Waals surface area contributed by atoms with Crippen LogP contribution in [0.15, 0.2) is 72.8 Å². The molecule has 1 aliphatic carbocycles. The number of anilines is 1. The van der Waals surface area contributed by atoms with Gasteiger partial charge in [0.25, 0.3) is 5.91 Å². The highest BCUT2D eigenvalue weighted by atomic mass is 16.5. The van der Waals surface area contributed by atoms with E-state index in [2.05, 4.69) is 5.32 Å². The first-order valence-corrected chi connectivity index (χ1v) is 13.1. The van der Waals surface area contributed by atoms with Gasteiger partial charge in [-0.05, 0) is 66.4 Å². The van der Waals surface area contributed by atoms with E-state index < -0.39 is 12.0 Å². The molecule has 0 radical (unpaired) electrons. The van der Waals surface area contributed by atoms with Gasteiger partial charge in [0.15, 0.2) is 0 Å². The second kappa shape index (κ2) is 11.1. The van der Waals surface area contributed by atoms with E-state index in [0.29, 0.717) is 17.0 Å². The Balaban J connectivity index is 1.63.